The number of hydrogen-bond acceptors (Lipinski definition) is 1. The number of nitrogens with zero attached hydrogens (tertiary/aromatic N) is 1. The van der Waals surface area contributed by atoms with Crippen LogP contribution in [0.5, 0.6) is 0 Å². The minimum atomic E-state index is -0.882. The SMILES string of the molecule is CCCCC[C@@H]1CCc2c(ccc3cc(-c4ccc(C#N)c(F)c4)ccc23)[C@H]1F. The second-order valence-electron chi connectivity index (χ2n) is 8.07. The lowest BCUT2D eigenvalue weighted by atomic mass is 9.78. The van der Waals surface area contributed by atoms with Crippen LogP contribution in [0, 0.1) is 23.1 Å². The van der Waals surface area contributed by atoms with E-state index in [0.717, 1.165) is 65.1 Å². The summed E-state index contributed by atoms with van der Waals surface area (Å²) in [5.41, 5.74) is 3.65. The monoisotopic (exact) mass is 389 g/mol. The Balaban J connectivity index is 1.66. The number of benzene rings is 3. The largest absolute Gasteiger partial charge is 0.242 e. The molecule has 0 saturated carbocycles. The van der Waals surface area contributed by atoms with Crippen molar-refractivity contribution in [3.8, 4) is 17.2 Å². The van der Waals surface area contributed by atoms with Crippen molar-refractivity contribution in [2.24, 2.45) is 5.92 Å². The average Bonchev–Trinajstić information content (AvgIpc) is 2.74. The summed E-state index contributed by atoms with van der Waals surface area (Å²) in [5, 5.41) is 11.1. The number of halogens is 2. The predicted octanol–water partition coefficient (Wildman–Crippen LogP) is 7.67. The van der Waals surface area contributed by atoms with Crippen LogP contribution in [0.4, 0.5) is 8.78 Å². The molecule has 3 aromatic rings. The highest BCUT2D eigenvalue weighted by Gasteiger charge is 2.30. The summed E-state index contributed by atoms with van der Waals surface area (Å²) in [4.78, 5) is 0. The molecule has 1 nitrogen and oxygen atoms in total. The number of nitriles is 1. The lowest BCUT2D eigenvalue weighted by molar-refractivity contribution is 0.192. The van der Waals surface area contributed by atoms with Crippen LogP contribution in [0.3, 0.4) is 0 Å². The van der Waals surface area contributed by atoms with Gasteiger partial charge < -0.3 is 0 Å². The van der Waals surface area contributed by atoms with Crippen LogP contribution in [0.15, 0.2) is 48.5 Å². The van der Waals surface area contributed by atoms with Crippen LogP contribution in [0.1, 0.15) is 61.9 Å². The molecule has 0 radical (unpaired) electrons. The molecule has 1 aliphatic carbocycles. The number of unbranched alkanes of at least 4 members (excludes halogenated alkanes) is 2. The molecular weight excluding hydrogens is 364 g/mol. The zero-order valence-corrected chi connectivity index (χ0v) is 16.7. The van der Waals surface area contributed by atoms with Crippen molar-refractivity contribution in [2.45, 2.75) is 51.6 Å². The van der Waals surface area contributed by atoms with E-state index in [-0.39, 0.29) is 11.5 Å². The molecule has 0 saturated heterocycles. The molecule has 29 heavy (non-hydrogen) atoms. The number of fused-ring (bicyclic) bond motifs is 3. The predicted molar refractivity (Wildman–Crippen MR) is 114 cm³/mol. The Hall–Kier alpha value is -2.73. The summed E-state index contributed by atoms with van der Waals surface area (Å²) in [7, 11) is 0. The van der Waals surface area contributed by atoms with E-state index in [2.05, 4.69) is 6.92 Å². The number of alkyl halides is 1. The highest BCUT2D eigenvalue weighted by molar-refractivity contribution is 5.91. The molecule has 1 aliphatic rings. The molecule has 3 aromatic carbocycles. The van der Waals surface area contributed by atoms with Crippen LogP contribution in [-0.4, -0.2) is 0 Å². The van der Waals surface area contributed by atoms with Crippen molar-refractivity contribution in [3.05, 3.63) is 71.0 Å². The number of aryl methyl sites for hydroxylation is 1. The van der Waals surface area contributed by atoms with Crippen molar-refractivity contribution in [2.75, 3.05) is 0 Å². The van der Waals surface area contributed by atoms with Crippen LogP contribution in [0.25, 0.3) is 21.9 Å². The zero-order valence-electron chi connectivity index (χ0n) is 16.7. The minimum Gasteiger partial charge on any atom is -0.242 e. The third kappa shape index (κ3) is 3.77. The molecule has 0 unspecified atom stereocenters. The van der Waals surface area contributed by atoms with Gasteiger partial charge >= 0.3 is 0 Å². The second kappa shape index (κ2) is 8.33. The Kier molecular flexibility index (Phi) is 5.62. The van der Waals surface area contributed by atoms with E-state index in [1.54, 1.807) is 6.07 Å². The van der Waals surface area contributed by atoms with Crippen LogP contribution < -0.4 is 0 Å². The quantitative estimate of drug-likeness (QED) is 0.411. The van der Waals surface area contributed by atoms with Crippen molar-refractivity contribution < 1.29 is 8.78 Å². The standard InChI is InChI=1S/C26H25F2N/c1-2-3-4-5-17-8-12-23-22-11-9-18(14-20(22)10-13-24(23)26(17)28)19-6-7-21(16-29)25(27)15-19/h6-7,9-11,13-15,17,26H,2-5,8,12H2,1H3/t17-,26+/m1/s1. The average molecular weight is 389 g/mol. The van der Waals surface area contributed by atoms with Gasteiger partial charge in [0.25, 0.3) is 0 Å². The van der Waals surface area contributed by atoms with Gasteiger partial charge in [0.2, 0.25) is 0 Å². The lowest BCUT2D eigenvalue weighted by Crippen LogP contribution is -2.18. The first-order valence-corrected chi connectivity index (χ1v) is 10.5. The van der Waals surface area contributed by atoms with Gasteiger partial charge in [-0.25, -0.2) is 8.78 Å². The van der Waals surface area contributed by atoms with Gasteiger partial charge in [-0.05, 0) is 76.4 Å². The summed E-state index contributed by atoms with van der Waals surface area (Å²) in [6.07, 6.45) is 5.34. The third-order valence-corrected chi connectivity index (χ3v) is 6.25. The maximum Gasteiger partial charge on any atom is 0.141 e. The van der Waals surface area contributed by atoms with Gasteiger partial charge in [-0.1, -0.05) is 56.5 Å². The Labute approximate surface area is 171 Å². The van der Waals surface area contributed by atoms with Gasteiger partial charge in [0.15, 0.2) is 0 Å². The smallest absolute Gasteiger partial charge is 0.141 e. The summed E-state index contributed by atoms with van der Waals surface area (Å²) in [6, 6.07) is 16.5. The van der Waals surface area contributed by atoms with Crippen molar-refractivity contribution in [1.82, 2.24) is 0 Å². The Morgan fingerprint density at radius 2 is 1.83 bits per heavy atom. The lowest BCUT2D eigenvalue weighted by Gasteiger charge is -2.29. The fourth-order valence-electron chi connectivity index (χ4n) is 4.59. The third-order valence-electron chi connectivity index (χ3n) is 6.25. The number of hydrogen-bond donors (Lipinski definition) is 0. The van der Waals surface area contributed by atoms with E-state index in [1.807, 2.05) is 36.4 Å². The van der Waals surface area contributed by atoms with E-state index in [1.165, 1.54) is 18.6 Å². The van der Waals surface area contributed by atoms with Gasteiger partial charge in [0.05, 0.1) is 5.56 Å². The zero-order chi connectivity index (χ0) is 20.4. The molecule has 0 aliphatic heterocycles. The van der Waals surface area contributed by atoms with E-state index in [4.69, 9.17) is 5.26 Å². The van der Waals surface area contributed by atoms with Crippen LogP contribution in [0.2, 0.25) is 0 Å². The Bertz CT molecular complexity index is 1080. The molecule has 0 aromatic heterocycles. The molecule has 148 valence electrons. The van der Waals surface area contributed by atoms with Crippen molar-refractivity contribution in [1.29, 1.82) is 5.26 Å². The van der Waals surface area contributed by atoms with Gasteiger partial charge in [-0.3, -0.25) is 0 Å². The van der Waals surface area contributed by atoms with Crippen LogP contribution >= 0.6 is 0 Å². The summed E-state index contributed by atoms with van der Waals surface area (Å²) >= 11 is 0. The normalized spacial score (nSPS) is 18.4. The first kappa shape index (κ1) is 19.6. The van der Waals surface area contributed by atoms with Gasteiger partial charge in [-0.15, -0.1) is 0 Å². The molecule has 4 rings (SSSR count). The van der Waals surface area contributed by atoms with E-state index in [9.17, 15) is 4.39 Å². The summed E-state index contributed by atoms with van der Waals surface area (Å²) in [5.74, 6) is -0.377. The molecule has 0 fully saturated rings. The maximum atomic E-state index is 15.2. The topological polar surface area (TPSA) is 23.8 Å². The van der Waals surface area contributed by atoms with Gasteiger partial charge in [0.1, 0.15) is 18.1 Å². The first-order chi connectivity index (χ1) is 14.1. The Morgan fingerprint density at radius 1 is 1.03 bits per heavy atom. The van der Waals surface area contributed by atoms with Crippen LogP contribution in [-0.2, 0) is 6.42 Å². The fourth-order valence-corrected chi connectivity index (χ4v) is 4.59. The highest BCUT2D eigenvalue weighted by Crippen LogP contribution is 2.43. The maximum absolute atomic E-state index is 15.2. The fraction of sp³-hybridized carbons (Fsp3) is 0.346. The molecule has 3 heteroatoms. The van der Waals surface area contributed by atoms with Crippen molar-refractivity contribution >= 4 is 10.8 Å². The van der Waals surface area contributed by atoms with E-state index >= 15 is 4.39 Å². The summed E-state index contributed by atoms with van der Waals surface area (Å²) < 4.78 is 29.2. The second-order valence-corrected chi connectivity index (χ2v) is 8.07. The minimum absolute atomic E-state index is 0.0473. The van der Waals surface area contributed by atoms with E-state index < -0.39 is 12.0 Å². The molecule has 2 atom stereocenters. The van der Waals surface area contributed by atoms with E-state index in [0.29, 0.717) is 0 Å². The van der Waals surface area contributed by atoms with Crippen molar-refractivity contribution in [3.63, 3.8) is 0 Å². The molecule has 0 N–H and O–H groups in total. The molecule has 0 bridgehead atoms. The number of rotatable bonds is 5. The summed E-state index contributed by atoms with van der Waals surface area (Å²) in [6.45, 7) is 2.18. The molecule has 0 spiro atoms. The molecule has 0 heterocycles. The molecular formula is C26H25F2N. The van der Waals surface area contributed by atoms with Gasteiger partial charge in [-0.2, -0.15) is 5.26 Å². The Morgan fingerprint density at radius 3 is 2.59 bits per heavy atom. The highest BCUT2D eigenvalue weighted by atomic mass is 19.1. The first-order valence-electron chi connectivity index (χ1n) is 10.5. The van der Waals surface area contributed by atoms with Gasteiger partial charge in [0, 0.05) is 0 Å². The molecule has 0 amide bonds.